The fraction of sp³-hybridized carbons (Fsp3) is 0.579. The van der Waals surface area contributed by atoms with Gasteiger partial charge in [0.15, 0.2) is 0 Å². The van der Waals surface area contributed by atoms with Crippen LogP contribution in [0.25, 0.3) is 0 Å². The number of hydrogen-bond acceptors (Lipinski definition) is 3. The van der Waals surface area contributed by atoms with E-state index in [4.69, 9.17) is 0 Å². The molecule has 1 saturated heterocycles. The van der Waals surface area contributed by atoms with E-state index >= 15 is 0 Å². The number of anilines is 2. The van der Waals surface area contributed by atoms with Crippen LogP contribution in [0.5, 0.6) is 0 Å². The third-order valence-corrected chi connectivity index (χ3v) is 5.10. The fourth-order valence-electron chi connectivity index (χ4n) is 3.71. The van der Waals surface area contributed by atoms with Crippen LogP contribution in [0.2, 0.25) is 0 Å². The lowest BCUT2D eigenvalue weighted by atomic mass is 9.85. The molecule has 3 rings (SSSR count). The molecule has 2 amide bonds. The van der Waals surface area contributed by atoms with Crippen molar-refractivity contribution in [2.75, 3.05) is 10.6 Å². The summed E-state index contributed by atoms with van der Waals surface area (Å²) in [5.41, 5.74) is 1.43. The molecule has 2 aliphatic rings. The summed E-state index contributed by atoms with van der Waals surface area (Å²) in [5.74, 6) is 0.567. The minimum atomic E-state index is -0.105. The molecule has 24 heavy (non-hydrogen) atoms. The molecule has 0 radical (unpaired) electrons. The van der Waals surface area contributed by atoms with Crippen LogP contribution in [0, 0.1) is 11.8 Å². The van der Waals surface area contributed by atoms with Gasteiger partial charge >= 0.3 is 0 Å². The minimum Gasteiger partial charge on any atom is -0.326 e. The molecule has 5 heteroatoms. The summed E-state index contributed by atoms with van der Waals surface area (Å²) < 4.78 is 0. The van der Waals surface area contributed by atoms with Crippen molar-refractivity contribution >= 4 is 23.2 Å². The quantitative estimate of drug-likeness (QED) is 0.795. The Hall–Kier alpha value is -1.88. The summed E-state index contributed by atoms with van der Waals surface area (Å²) in [7, 11) is 0. The van der Waals surface area contributed by atoms with Gasteiger partial charge in [0.05, 0.1) is 6.04 Å². The largest absolute Gasteiger partial charge is 0.326 e. The average Bonchev–Trinajstić information content (AvgIpc) is 2.99. The van der Waals surface area contributed by atoms with Crippen molar-refractivity contribution in [3.05, 3.63) is 24.3 Å². The topological polar surface area (TPSA) is 70.2 Å². The molecule has 130 valence electrons. The Balaban J connectivity index is 1.59. The Morgan fingerprint density at radius 1 is 1.12 bits per heavy atom. The van der Waals surface area contributed by atoms with Crippen molar-refractivity contribution in [2.45, 2.75) is 58.0 Å². The second-order valence-electron chi connectivity index (χ2n) is 7.32. The number of rotatable bonds is 4. The second kappa shape index (κ2) is 7.34. The van der Waals surface area contributed by atoms with Gasteiger partial charge in [0.25, 0.3) is 0 Å². The molecular formula is C19H27N3O2. The molecule has 1 saturated carbocycles. The van der Waals surface area contributed by atoms with Crippen LogP contribution in [0.1, 0.15) is 46.0 Å². The van der Waals surface area contributed by atoms with Crippen molar-refractivity contribution < 1.29 is 9.59 Å². The van der Waals surface area contributed by atoms with Gasteiger partial charge in [0.2, 0.25) is 11.8 Å². The van der Waals surface area contributed by atoms with Crippen molar-refractivity contribution in [1.82, 2.24) is 5.32 Å². The van der Waals surface area contributed by atoms with Crippen LogP contribution in [0.4, 0.5) is 11.4 Å². The maximum absolute atomic E-state index is 12.5. The Morgan fingerprint density at radius 2 is 1.83 bits per heavy atom. The molecule has 3 unspecified atom stereocenters. The monoisotopic (exact) mass is 329 g/mol. The Labute approximate surface area is 143 Å². The highest BCUT2D eigenvalue weighted by Crippen LogP contribution is 2.33. The van der Waals surface area contributed by atoms with Crippen molar-refractivity contribution in [2.24, 2.45) is 11.8 Å². The molecule has 0 bridgehead atoms. The summed E-state index contributed by atoms with van der Waals surface area (Å²) in [4.78, 5) is 24.3. The third kappa shape index (κ3) is 3.96. The van der Waals surface area contributed by atoms with E-state index in [1.165, 1.54) is 25.7 Å². The van der Waals surface area contributed by atoms with Gasteiger partial charge in [-0.2, -0.15) is 0 Å². The lowest BCUT2D eigenvalue weighted by Gasteiger charge is -2.24. The van der Waals surface area contributed by atoms with E-state index in [-0.39, 0.29) is 23.8 Å². The van der Waals surface area contributed by atoms with Crippen molar-refractivity contribution in [1.29, 1.82) is 0 Å². The first-order chi connectivity index (χ1) is 11.5. The van der Waals surface area contributed by atoms with Gasteiger partial charge in [0, 0.05) is 23.3 Å². The number of amides is 2. The van der Waals surface area contributed by atoms with Gasteiger partial charge in [0.1, 0.15) is 0 Å². The van der Waals surface area contributed by atoms with Crippen LogP contribution in [-0.4, -0.2) is 23.9 Å². The number of nitrogens with one attached hydrogen (secondary N) is 3. The molecule has 0 spiro atoms. The average molecular weight is 329 g/mol. The molecule has 1 heterocycles. The first-order valence-corrected chi connectivity index (χ1v) is 9.01. The number of benzene rings is 1. The van der Waals surface area contributed by atoms with E-state index < -0.39 is 0 Å². The van der Waals surface area contributed by atoms with Gasteiger partial charge in [-0.3, -0.25) is 9.59 Å². The zero-order chi connectivity index (χ0) is 17.1. The lowest BCUT2D eigenvalue weighted by Crippen LogP contribution is -2.39. The third-order valence-electron chi connectivity index (χ3n) is 5.10. The van der Waals surface area contributed by atoms with Gasteiger partial charge in [-0.15, -0.1) is 0 Å². The zero-order valence-corrected chi connectivity index (χ0v) is 14.5. The zero-order valence-electron chi connectivity index (χ0n) is 14.5. The van der Waals surface area contributed by atoms with E-state index in [0.717, 1.165) is 12.1 Å². The molecule has 5 nitrogen and oxygen atoms in total. The van der Waals surface area contributed by atoms with E-state index in [2.05, 4.69) is 16.0 Å². The van der Waals surface area contributed by atoms with E-state index in [1.54, 1.807) is 6.07 Å². The number of hydrogen-bond donors (Lipinski definition) is 3. The van der Waals surface area contributed by atoms with Crippen LogP contribution in [0.3, 0.4) is 0 Å². The SMILES string of the molecule is CC(C)C(=O)Nc1cccc(NC(=O)C2CC3CCCCC3N2)c1. The van der Waals surface area contributed by atoms with Gasteiger partial charge in [-0.1, -0.05) is 32.8 Å². The summed E-state index contributed by atoms with van der Waals surface area (Å²) in [6.07, 6.45) is 5.90. The lowest BCUT2D eigenvalue weighted by molar-refractivity contribution is -0.119. The number of carbonyl (C=O) groups excluding carboxylic acids is 2. The predicted octanol–water partition coefficient (Wildman–Crippen LogP) is 3.14. The Bertz CT molecular complexity index is 600. The molecule has 1 aromatic carbocycles. The summed E-state index contributed by atoms with van der Waals surface area (Å²) in [5, 5.41) is 9.34. The summed E-state index contributed by atoms with van der Waals surface area (Å²) in [6.45, 7) is 3.71. The number of carbonyl (C=O) groups is 2. The Kier molecular flexibility index (Phi) is 5.19. The normalized spacial score (nSPS) is 26.0. The summed E-state index contributed by atoms with van der Waals surface area (Å²) in [6, 6.07) is 7.73. The van der Waals surface area contributed by atoms with Gasteiger partial charge < -0.3 is 16.0 Å². The molecular weight excluding hydrogens is 302 g/mol. The second-order valence-corrected chi connectivity index (χ2v) is 7.32. The standard InChI is InChI=1S/C19H27N3O2/c1-12(2)18(23)20-14-7-5-8-15(11-14)21-19(24)17-10-13-6-3-4-9-16(13)22-17/h5,7-8,11-13,16-17,22H,3-4,6,9-10H2,1-2H3,(H,20,23)(H,21,24). The molecule has 2 fully saturated rings. The van der Waals surface area contributed by atoms with Crippen molar-refractivity contribution in [3.63, 3.8) is 0 Å². The molecule has 3 N–H and O–H groups in total. The van der Waals surface area contributed by atoms with Crippen LogP contribution < -0.4 is 16.0 Å². The highest BCUT2D eigenvalue weighted by Gasteiger charge is 2.38. The number of fused-ring (bicyclic) bond motifs is 1. The molecule has 1 aliphatic heterocycles. The highest BCUT2D eigenvalue weighted by molar-refractivity contribution is 5.97. The first kappa shape index (κ1) is 17.0. The van der Waals surface area contributed by atoms with Crippen molar-refractivity contribution in [3.8, 4) is 0 Å². The van der Waals surface area contributed by atoms with E-state index in [9.17, 15) is 9.59 Å². The fourth-order valence-corrected chi connectivity index (χ4v) is 3.71. The molecule has 1 aliphatic carbocycles. The molecule has 0 aromatic heterocycles. The maximum atomic E-state index is 12.5. The van der Waals surface area contributed by atoms with E-state index in [0.29, 0.717) is 17.6 Å². The van der Waals surface area contributed by atoms with Crippen LogP contribution in [0.15, 0.2) is 24.3 Å². The molecule has 3 atom stereocenters. The van der Waals surface area contributed by atoms with Gasteiger partial charge in [-0.25, -0.2) is 0 Å². The predicted molar refractivity (Wildman–Crippen MR) is 95.8 cm³/mol. The smallest absolute Gasteiger partial charge is 0.241 e. The summed E-state index contributed by atoms with van der Waals surface area (Å²) >= 11 is 0. The van der Waals surface area contributed by atoms with E-state index in [1.807, 2.05) is 32.0 Å². The first-order valence-electron chi connectivity index (χ1n) is 9.01. The van der Waals surface area contributed by atoms with Crippen LogP contribution >= 0.6 is 0 Å². The minimum absolute atomic E-state index is 0.0248. The maximum Gasteiger partial charge on any atom is 0.241 e. The van der Waals surface area contributed by atoms with Crippen LogP contribution in [-0.2, 0) is 9.59 Å². The van der Waals surface area contributed by atoms with Gasteiger partial charge in [-0.05, 0) is 43.4 Å². The Morgan fingerprint density at radius 3 is 2.54 bits per heavy atom. The molecule has 1 aromatic rings. The highest BCUT2D eigenvalue weighted by atomic mass is 16.2.